The van der Waals surface area contributed by atoms with E-state index in [2.05, 4.69) is 20.3 Å². The van der Waals surface area contributed by atoms with Gasteiger partial charge in [-0.05, 0) is 17.7 Å². The quantitative estimate of drug-likeness (QED) is 0.644. The number of rotatable bonds is 5. The molecule has 0 spiro atoms. The molecule has 0 aliphatic rings. The number of amides is 1. The van der Waals surface area contributed by atoms with Gasteiger partial charge in [-0.3, -0.25) is 4.79 Å². The number of halogens is 5. The molecule has 29 heavy (non-hydrogen) atoms. The number of hydrogen-bond acceptors (Lipinski definition) is 4. The molecule has 0 bridgehead atoms. The highest BCUT2D eigenvalue weighted by Gasteiger charge is 2.34. The van der Waals surface area contributed by atoms with Crippen LogP contribution in [0.4, 0.5) is 13.2 Å². The van der Waals surface area contributed by atoms with E-state index in [4.69, 9.17) is 23.2 Å². The molecule has 0 aliphatic carbocycles. The summed E-state index contributed by atoms with van der Waals surface area (Å²) in [6.07, 6.45) is 0.752. The van der Waals surface area contributed by atoms with Crippen molar-refractivity contribution in [3.05, 3.63) is 75.8 Å². The number of carbonyl (C=O) groups excluding carboxylic acids is 1. The van der Waals surface area contributed by atoms with Crippen LogP contribution in [-0.2, 0) is 13.2 Å². The Balaban J connectivity index is 1.85. The zero-order chi connectivity index (χ0) is 21.2. The Hall–Kier alpha value is -2.65. The minimum atomic E-state index is -4.64. The first-order valence-corrected chi connectivity index (χ1v) is 9.01. The molecule has 1 amide bonds. The van der Waals surface area contributed by atoms with Crippen LogP contribution in [0.15, 0.2) is 43.1 Å². The van der Waals surface area contributed by atoms with Crippen LogP contribution in [0, 0.1) is 0 Å². The van der Waals surface area contributed by atoms with Gasteiger partial charge >= 0.3 is 6.18 Å². The van der Waals surface area contributed by atoms with Crippen LogP contribution in [0.5, 0.6) is 0 Å². The van der Waals surface area contributed by atoms with Crippen LogP contribution < -0.4 is 5.32 Å². The summed E-state index contributed by atoms with van der Waals surface area (Å²) < 4.78 is 39.9. The predicted octanol–water partition coefficient (Wildman–Crippen LogP) is 4.10. The molecule has 0 fully saturated rings. The summed E-state index contributed by atoms with van der Waals surface area (Å²) >= 11 is 12.0. The van der Waals surface area contributed by atoms with Gasteiger partial charge in [-0.2, -0.15) is 13.2 Å². The zero-order valence-corrected chi connectivity index (χ0v) is 16.4. The van der Waals surface area contributed by atoms with Crippen LogP contribution >= 0.6 is 23.2 Å². The van der Waals surface area contributed by atoms with Gasteiger partial charge in [-0.25, -0.2) is 15.0 Å². The molecule has 6 nitrogen and oxygen atoms in total. The molecule has 2 heterocycles. The Morgan fingerprint density at radius 3 is 2.48 bits per heavy atom. The molecule has 2 aromatic heterocycles. The normalized spacial score (nSPS) is 12.6. The summed E-state index contributed by atoms with van der Waals surface area (Å²) in [6.45, 7) is 0.0351. The minimum absolute atomic E-state index is 0.0351. The Bertz CT molecular complexity index is 1020. The second kappa shape index (κ2) is 8.38. The first-order chi connectivity index (χ1) is 13.7. The molecule has 11 heteroatoms. The standard InChI is InChI=1S/C18H14Cl2F3N5O/c1-28-8-14(27-9-28)12(10-5-25-17(26-6-10)18(21,22)23)7-24-16(29)11-3-2-4-13(19)15(11)20/h2-6,8-9,12H,7H2,1H3,(H,24,29). The van der Waals surface area contributed by atoms with E-state index in [9.17, 15) is 18.0 Å². The number of nitrogens with zero attached hydrogens (tertiary/aromatic N) is 4. The minimum Gasteiger partial charge on any atom is -0.351 e. The summed E-state index contributed by atoms with van der Waals surface area (Å²) in [6, 6.07) is 4.65. The summed E-state index contributed by atoms with van der Waals surface area (Å²) in [5, 5.41) is 3.05. The predicted molar refractivity (Wildman–Crippen MR) is 101 cm³/mol. The van der Waals surface area contributed by atoms with Crippen molar-refractivity contribution in [2.45, 2.75) is 12.1 Å². The van der Waals surface area contributed by atoms with Crippen molar-refractivity contribution in [2.75, 3.05) is 6.54 Å². The summed E-state index contributed by atoms with van der Waals surface area (Å²) in [5.74, 6) is -2.29. The summed E-state index contributed by atoms with van der Waals surface area (Å²) in [5.41, 5.74) is 1.09. The van der Waals surface area contributed by atoms with E-state index in [1.165, 1.54) is 6.07 Å². The lowest BCUT2D eigenvalue weighted by molar-refractivity contribution is -0.145. The fourth-order valence-corrected chi connectivity index (χ4v) is 3.03. The number of alkyl halides is 3. The number of aromatic nitrogens is 4. The molecule has 0 saturated heterocycles. The average Bonchev–Trinajstić information content (AvgIpc) is 3.09. The van der Waals surface area contributed by atoms with E-state index in [0.29, 0.717) is 11.3 Å². The van der Waals surface area contributed by atoms with Crippen LogP contribution in [0.3, 0.4) is 0 Å². The van der Waals surface area contributed by atoms with Gasteiger partial charge in [0, 0.05) is 38.1 Å². The second-order valence-corrected chi connectivity index (χ2v) is 6.95. The molecule has 0 saturated carbocycles. The molecule has 1 aromatic carbocycles. The Kier molecular flexibility index (Phi) is 6.09. The van der Waals surface area contributed by atoms with Gasteiger partial charge in [-0.15, -0.1) is 0 Å². The van der Waals surface area contributed by atoms with Crippen LogP contribution in [0.2, 0.25) is 10.0 Å². The van der Waals surface area contributed by atoms with Crippen molar-refractivity contribution in [1.29, 1.82) is 0 Å². The lowest BCUT2D eigenvalue weighted by atomic mass is 9.98. The van der Waals surface area contributed by atoms with E-state index in [1.807, 2.05) is 0 Å². The third kappa shape index (κ3) is 4.86. The van der Waals surface area contributed by atoms with Gasteiger partial charge in [-0.1, -0.05) is 29.3 Å². The molecular weight excluding hydrogens is 430 g/mol. The molecule has 1 atom stereocenters. The van der Waals surface area contributed by atoms with Crippen LogP contribution in [-0.4, -0.2) is 32.0 Å². The van der Waals surface area contributed by atoms with Gasteiger partial charge < -0.3 is 9.88 Å². The van der Waals surface area contributed by atoms with E-state index < -0.39 is 23.8 Å². The topological polar surface area (TPSA) is 72.7 Å². The van der Waals surface area contributed by atoms with Crippen LogP contribution in [0.1, 0.15) is 33.4 Å². The third-order valence-corrected chi connectivity index (χ3v) is 4.89. The molecule has 152 valence electrons. The number of imidazole rings is 1. The highest BCUT2D eigenvalue weighted by atomic mass is 35.5. The summed E-state index contributed by atoms with van der Waals surface area (Å²) in [7, 11) is 1.75. The van der Waals surface area contributed by atoms with Gasteiger partial charge in [0.15, 0.2) is 0 Å². The smallest absolute Gasteiger partial charge is 0.351 e. The average molecular weight is 444 g/mol. The fraction of sp³-hybridized carbons (Fsp3) is 0.222. The van der Waals surface area contributed by atoms with Crippen molar-refractivity contribution < 1.29 is 18.0 Å². The highest BCUT2D eigenvalue weighted by molar-refractivity contribution is 6.43. The van der Waals surface area contributed by atoms with Gasteiger partial charge in [0.2, 0.25) is 5.82 Å². The number of nitrogens with one attached hydrogen (secondary N) is 1. The first kappa shape index (κ1) is 21.1. The maximum Gasteiger partial charge on any atom is 0.451 e. The molecule has 1 N–H and O–H groups in total. The largest absolute Gasteiger partial charge is 0.451 e. The number of carbonyl (C=O) groups is 1. The Morgan fingerprint density at radius 1 is 1.21 bits per heavy atom. The van der Waals surface area contributed by atoms with Crippen LogP contribution in [0.25, 0.3) is 0 Å². The first-order valence-electron chi connectivity index (χ1n) is 8.26. The lowest BCUT2D eigenvalue weighted by Crippen LogP contribution is -2.29. The van der Waals surface area contributed by atoms with E-state index in [-0.39, 0.29) is 22.2 Å². The maximum atomic E-state index is 12.7. The molecule has 0 radical (unpaired) electrons. The van der Waals surface area contributed by atoms with Crippen molar-refractivity contribution in [3.8, 4) is 0 Å². The van der Waals surface area contributed by atoms with E-state index >= 15 is 0 Å². The van der Waals surface area contributed by atoms with E-state index in [1.54, 1.807) is 36.3 Å². The zero-order valence-electron chi connectivity index (χ0n) is 14.9. The van der Waals surface area contributed by atoms with Crippen molar-refractivity contribution in [3.63, 3.8) is 0 Å². The molecular formula is C18H14Cl2F3N5O. The molecule has 1 unspecified atom stereocenters. The number of hydrogen-bond donors (Lipinski definition) is 1. The SMILES string of the molecule is Cn1cnc(C(CNC(=O)c2cccc(Cl)c2Cl)c2cnc(C(F)(F)F)nc2)c1. The molecule has 3 rings (SSSR count). The number of aryl methyl sites for hydroxylation is 1. The molecule has 3 aromatic rings. The maximum absolute atomic E-state index is 12.7. The fourth-order valence-electron chi connectivity index (χ4n) is 2.64. The van der Waals surface area contributed by atoms with Crippen molar-refractivity contribution >= 4 is 29.1 Å². The van der Waals surface area contributed by atoms with Gasteiger partial charge in [0.05, 0.1) is 27.6 Å². The lowest BCUT2D eigenvalue weighted by Gasteiger charge is -2.17. The monoisotopic (exact) mass is 443 g/mol. The van der Waals surface area contributed by atoms with Crippen molar-refractivity contribution in [2.24, 2.45) is 7.05 Å². The highest BCUT2D eigenvalue weighted by Crippen LogP contribution is 2.28. The van der Waals surface area contributed by atoms with Gasteiger partial charge in [0.25, 0.3) is 5.91 Å². The Morgan fingerprint density at radius 2 is 1.90 bits per heavy atom. The third-order valence-electron chi connectivity index (χ3n) is 4.07. The molecule has 0 aliphatic heterocycles. The summed E-state index contributed by atoms with van der Waals surface area (Å²) in [4.78, 5) is 23.5. The Labute approximate surface area is 173 Å². The van der Waals surface area contributed by atoms with E-state index in [0.717, 1.165) is 12.4 Å². The number of benzene rings is 1. The second-order valence-electron chi connectivity index (χ2n) is 6.17. The van der Waals surface area contributed by atoms with Crippen molar-refractivity contribution in [1.82, 2.24) is 24.8 Å². The van der Waals surface area contributed by atoms with Gasteiger partial charge in [0.1, 0.15) is 0 Å².